The number of aromatic nitrogens is 3. The van der Waals surface area contributed by atoms with Crippen LogP contribution in [-0.2, 0) is 11.3 Å². The van der Waals surface area contributed by atoms with E-state index in [0.717, 1.165) is 22.9 Å². The molecule has 32 heavy (non-hydrogen) atoms. The van der Waals surface area contributed by atoms with Crippen LogP contribution in [0.4, 0.5) is 11.4 Å². The number of anilines is 2. The monoisotopic (exact) mass is 463 g/mol. The topological polar surface area (TPSA) is 71.8 Å². The van der Waals surface area contributed by atoms with Crippen LogP contribution in [0.2, 0.25) is 5.02 Å². The van der Waals surface area contributed by atoms with E-state index in [-0.39, 0.29) is 11.2 Å². The highest BCUT2D eigenvalue weighted by molar-refractivity contribution is 8.00. The largest absolute Gasteiger partial charge is 0.378 e. The molecule has 0 radical (unpaired) electrons. The molecule has 0 aliphatic rings. The SMILES string of the molecule is C[C@@H](Sc1nnc(CNc2cccc(Cl)c2)n1-c1ccccc1)C(=O)Nc1ccccc1. The van der Waals surface area contributed by atoms with E-state index in [1.165, 1.54) is 11.8 Å². The molecule has 8 heteroatoms. The average molecular weight is 464 g/mol. The Morgan fingerprint density at radius 1 is 0.969 bits per heavy atom. The van der Waals surface area contributed by atoms with Crippen LogP contribution < -0.4 is 10.6 Å². The van der Waals surface area contributed by atoms with E-state index in [1.807, 2.05) is 96.4 Å². The number of benzene rings is 3. The lowest BCUT2D eigenvalue weighted by atomic mass is 10.3. The van der Waals surface area contributed by atoms with Crippen molar-refractivity contribution in [3.63, 3.8) is 0 Å². The van der Waals surface area contributed by atoms with Gasteiger partial charge in [-0.05, 0) is 49.4 Å². The van der Waals surface area contributed by atoms with Gasteiger partial charge in [0.25, 0.3) is 0 Å². The van der Waals surface area contributed by atoms with Crippen LogP contribution in [0.3, 0.4) is 0 Å². The Bertz CT molecular complexity index is 1180. The number of carbonyl (C=O) groups excluding carboxylic acids is 1. The molecule has 4 rings (SSSR count). The van der Waals surface area contributed by atoms with Gasteiger partial charge >= 0.3 is 0 Å². The summed E-state index contributed by atoms with van der Waals surface area (Å²) in [5.41, 5.74) is 2.59. The van der Waals surface area contributed by atoms with Crippen LogP contribution in [0.25, 0.3) is 5.69 Å². The van der Waals surface area contributed by atoms with E-state index in [9.17, 15) is 4.79 Å². The Labute approximate surface area is 196 Å². The molecular formula is C24H22ClN5OS. The van der Waals surface area contributed by atoms with Crippen LogP contribution in [0, 0.1) is 0 Å². The molecule has 1 atom stereocenters. The summed E-state index contributed by atoms with van der Waals surface area (Å²) in [5.74, 6) is 0.636. The molecule has 162 valence electrons. The normalized spacial score (nSPS) is 11.7. The Hall–Kier alpha value is -3.29. The second-order valence-electron chi connectivity index (χ2n) is 7.05. The number of halogens is 1. The second-order valence-corrected chi connectivity index (χ2v) is 8.79. The first-order valence-electron chi connectivity index (χ1n) is 10.1. The standard InChI is InChI=1S/C24H22ClN5OS/c1-17(23(31)27-19-10-4-2-5-11-19)32-24-29-28-22(30(24)21-13-6-3-7-14-21)16-26-20-12-8-9-18(25)15-20/h2-15,17,26H,16H2,1H3,(H,27,31)/t17-/m1/s1. The van der Waals surface area contributed by atoms with Gasteiger partial charge in [-0.3, -0.25) is 9.36 Å². The van der Waals surface area contributed by atoms with Crippen LogP contribution in [0.5, 0.6) is 0 Å². The summed E-state index contributed by atoms with van der Waals surface area (Å²) in [5, 5.41) is 16.0. The van der Waals surface area contributed by atoms with Gasteiger partial charge in [0.1, 0.15) is 0 Å². The number of amides is 1. The number of thioether (sulfide) groups is 1. The molecule has 1 heterocycles. The van der Waals surface area contributed by atoms with Crippen molar-refractivity contribution in [1.29, 1.82) is 0 Å². The third-order valence-electron chi connectivity index (χ3n) is 4.68. The average Bonchev–Trinajstić information content (AvgIpc) is 3.21. The molecule has 0 spiro atoms. The summed E-state index contributed by atoms with van der Waals surface area (Å²) in [6.45, 7) is 2.31. The lowest BCUT2D eigenvalue weighted by Crippen LogP contribution is -2.23. The van der Waals surface area contributed by atoms with E-state index >= 15 is 0 Å². The van der Waals surface area contributed by atoms with Crippen molar-refractivity contribution in [1.82, 2.24) is 14.8 Å². The minimum Gasteiger partial charge on any atom is -0.378 e. The maximum absolute atomic E-state index is 12.7. The van der Waals surface area contributed by atoms with Crippen molar-refractivity contribution in [2.45, 2.75) is 23.9 Å². The highest BCUT2D eigenvalue weighted by atomic mass is 35.5. The Balaban J connectivity index is 1.54. The molecule has 1 aromatic heterocycles. The predicted molar refractivity (Wildman–Crippen MR) is 131 cm³/mol. The molecule has 0 aliphatic carbocycles. The van der Waals surface area contributed by atoms with Crippen molar-refractivity contribution in [2.75, 3.05) is 10.6 Å². The van der Waals surface area contributed by atoms with Gasteiger partial charge in [-0.25, -0.2) is 0 Å². The molecule has 0 saturated carbocycles. The quantitative estimate of drug-likeness (QED) is 0.330. The Kier molecular flexibility index (Phi) is 7.09. The number of para-hydroxylation sites is 2. The number of hydrogen-bond acceptors (Lipinski definition) is 5. The van der Waals surface area contributed by atoms with Gasteiger partial charge in [0.15, 0.2) is 11.0 Å². The first kappa shape index (κ1) is 21.9. The molecule has 4 aromatic rings. The molecule has 1 amide bonds. The van der Waals surface area contributed by atoms with Crippen LogP contribution in [-0.4, -0.2) is 25.9 Å². The van der Waals surface area contributed by atoms with Gasteiger partial charge in [0.2, 0.25) is 5.91 Å². The molecule has 6 nitrogen and oxygen atoms in total. The van der Waals surface area contributed by atoms with Gasteiger partial charge in [-0.2, -0.15) is 0 Å². The number of carbonyl (C=O) groups is 1. The lowest BCUT2D eigenvalue weighted by Gasteiger charge is -2.14. The zero-order valence-electron chi connectivity index (χ0n) is 17.4. The Morgan fingerprint density at radius 3 is 2.38 bits per heavy atom. The summed E-state index contributed by atoms with van der Waals surface area (Å²) < 4.78 is 1.97. The molecular weight excluding hydrogens is 442 g/mol. The van der Waals surface area contributed by atoms with Gasteiger partial charge < -0.3 is 10.6 Å². The zero-order chi connectivity index (χ0) is 22.3. The fourth-order valence-corrected chi connectivity index (χ4v) is 4.16. The van der Waals surface area contributed by atoms with Gasteiger partial charge in [0.05, 0.1) is 11.8 Å². The summed E-state index contributed by atoms with van der Waals surface area (Å²) in [7, 11) is 0. The van der Waals surface area contributed by atoms with E-state index in [0.29, 0.717) is 16.7 Å². The van der Waals surface area contributed by atoms with Crippen LogP contribution in [0.15, 0.2) is 90.1 Å². The summed E-state index contributed by atoms with van der Waals surface area (Å²) >= 11 is 7.45. The first-order chi connectivity index (χ1) is 15.6. The third-order valence-corrected chi connectivity index (χ3v) is 5.96. The summed E-state index contributed by atoms with van der Waals surface area (Å²) in [4.78, 5) is 12.7. The molecule has 3 aromatic carbocycles. The first-order valence-corrected chi connectivity index (χ1v) is 11.4. The highest BCUT2D eigenvalue weighted by Gasteiger charge is 2.21. The zero-order valence-corrected chi connectivity index (χ0v) is 19.0. The van der Waals surface area contributed by atoms with Gasteiger partial charge in [0, 0.05) is 22.1 Å². The molecule has 0 unspecified atom stereocenters. The Morgan fingerprint density at radius 2 is 1.66 bits per heavy atom. The number of nitrogens with one attached hydrogen (secondary N) is 2. The maximum Gasteiger partial charge on any atom is 0.237 e. The van der Waals surface area contributed by atoms with Crippen molar-refractivity contribution < 1.29 is 4.79 Å². The van der Waals surface area contributed by atoms with E-state index < -0.39 is 0 Å². The summed E-state index contributed by atoms with van der Waals surface area (Å²) in [6, 6.07) is 26.8. The maximum atomic E-state index is 12.7. The van der Waals surface area contributed by atoms with Gasteiger partial charge in [-0.1, -0.05) is 65.8 Å². The van der Waals surface area contributed by atoms with Crippen molar-refractivity contribution in [3.05, 3.63) is 95.8 Å². The van der Waals surface area contributed by atoms with E-state index in [1.54, 1.807) is 0 Å². The fourth-order valence-electron chi connectivity index (χ4n) is 3.08. The van der Waals surface area contributed by atoms with Gasteiger partial charge in [-0.15, -0.1) is 10.2 Å². The number of nitrogens with zero attached hydrogens (tertiary/aromatic N) is 3. The number of rotatable bonds is 8. The summed E-state index contributed by atoms with van der Waals surface area (Å²) in [6.07, 6.45) is 0. The third kappa shape index (κ3) is 5.49. The molecule has 0 saturated heterocycles. The van der Waals surface area contributed by atoms with Crippen molar-refractivity contribution in [3.8, 4) is 5.69 Å². The molecule has 2 N–H and O–H groups in total. The second kappa shape index (κ2) is 10.3. The minimum atomic E-state index is -0.365. The molecule has 0 bridgehead atoms. The smallest absolute Gasteiger partial charge is 0.237 e. The van der Waals surface area contributed by atoms with Crippen molar-refractivity contribution >= 4 is 40.6 Å². The molecule has 0 fully saturated rings. The number of hydrogen-bond donors (Lipinski definition) is 2. The molecule has 0 aliphatic heterocycles. The van der Waals surface area contributed by atoms with Crippen LogP contribution >= 0.6 is 23.4 Å². The minimum absolute atomic E-state index is 0.0950. The predicted octanol–water partition coefficient (Wildman–Crippen LogP) is 5.65. The van der Waals surface area contributed by atoms with E-state index in [2.05, 4.69) is 20.8 Å². The highest BCUT2D eigenvalue weighted by Crippen LogP contribution is 2.27. The lowest BCUT2D eigenvalue weighted by molar-refractivity contribution is -0.115. The van der Waals surface area contributed by atoms with Crippen molar-refractivity contribution in [2.24, 2.45) is 0 Å². The van der Waals surface area contributed by atoms with Crippen LogP contribution in [0.1, 0.15) is 12.7 Å². The van der Waals surface area contributed by atoms with E-state index in [4.69, 9.17) is 11.6 Å². The fraction of sp³-hybridized carbons (Fsp3) is 0.125.